The Bertz CT molecular complexity index is 527. The van der Waals surface area contributed by atoms with E-state index in [1.165, 1.54) is 0 Å². The minimum Gasteiger partial charge on any atom is -0.465 e. The van der Waals surface area contributed by atoms with Crippen LogP contribution in [0.2, 0.25) is 0 Å². The maximum Gasteiger partial charge on any atom is 0.326 e. The molecule has 0 fully saturated rings. The van der Waals surface area contributed by atoms with Gasteiger partial charge in [0.05, 0.1) is 18.0 Å². The Balaban J connectivity index is 3.06. The van der Waals surface area contributed by atoms with Gasteiger partial charge in [0.1, 0.15) is 6.54 Å². The minimum absolute atomic E-state index is 0.0710. The van der Waals surface area contributed by atoms with Gasteiger partial charge >= 0.3 is 5.97 Å². The number of esters is 1. The lowest BCUT2D eigenvalue weighted by molar-refractivity contribution is -0.141. The molecule has 1 rings (SSSR count). The fourth-order valence-corrected chi connectivity index (χ4v) is 2.85. The van der Waals surface area contributed by atoms with E-state index in [2.05, 4.69) is 22.6 Å². The number of sulfonamides is 1. The van der Waals surface area contributed by atoms with Crippen molar-refractivity contribution < 1.29 is 17.9 Å². The van der Waals surface area contributed by atoms with E-state index in [1.54, 1.807) is 38.1 Å². The molecule has 0 atom stereocenters. The molecule has 19 heavy (non-hydrogen) atoms. The van der Waals surface area contributed by atoms with Crippen molar-refractivity contribution >= 4 is 44.3 Å². The third-order valence-corrected chi connectivity index (χ3v) is 4.85. The molecule has 7 heteroatoms. The molecule has 0 heterocycles. The lowest BCUT2D eigenvalue weighted by atomic mass is 10.3. The second-order valence-corrected chi connectivity index (χ2v) is 7.12. The summed E-state index contributed by atoms with van der Waals surface area (Å²) in [6, 6.07) is 6.93. The normalized spacial score (nSPS) is 11.1. The third kappa shape index (κ3) is 4.64. The number of carbonyl (C=O) groups excluding carboxylic acids is 1. The molecule has 0 aliphatic heterocycles. The van der Waals surface area contributed by atoms with Gasteiger partial charge in [0, 0.05) is 3.57 Å². The topological polar surface area (TPSA) is 63.7 Å². The van der Waals surface area contributed by atoms with Gasteiger partial charge in [-0.3, -0.25) is 9.10 Å². The average Bonchev–Trinajstić information content (AvgIpc) is 2.37. The molecular weight excluding hydrogens is 381 g/mol. The van der Waals surface area contributed by atoms with Crippen molar-refractivity contribution in [2.24, 2.45) is 0 Å². The van der Waals surface area contributed by atoms with Gasteiger partial charge in [0.25, 0.3) is 0 Å². The summed E-state index contributed by atoms with van der Waals surface area (Å²) in [5.41, 5.74) is 0.468. The molecule has 0 aliphatic rings. The second kappa shape index (κ2) is 7.09. The zero-order valence-corrected chi connectivity index (χ0v) is 13.8. The van der Waals surface area contributed by atoms with Crippen molar-refractivity contribution in [1.82, 2.24) is 0 Å². The lowest BCUT2D eigenvalue weighted by Gasteiger charge is -2.22. The van der Waals surface area contributed by atoms with Crippen LogP contribution in [0, 0.1) is 3.57 Å². The highest BCUT2D eigenvalue weighted by molar-refractivity contribution is 14.1. The van der Waals surface area contributed by atoms with Crippen LogP contribution in [0.1, 0.15) is 13.8 Å². The zero-order valence-electron chi connectivity index (χ0n) is 10.8. The number of rotatable bonds is 6. The number of hydrogen-bond donors (Lipinski definition) is 0. The molecule has 1 aromatic rings. The first-order chi connectivity index (χ1) is 8.90. The van der Waals surface area contributed by atoms with Gasteiger partial charge in [0.15, 0.2) is 0 Å². The summed E-state index contributed by atoms with van der Waals surface area (Å²) in [5, 5.41) is 0. The van der Waals surface area contributed by atoms with Crippen LogP contribution in [0.15, 0.2) is 24.3 Å². The van der Waals surface area contributed by atoms with Gasteiger partial charge in [-0.05, 0) is 60.7 Å². The molecular formula is C12H16INO4S. The van der Waals surface area contributed by atoms with E-state index in [-0.39, 0.29) is 18.9 Å². The van der Waals surface area contributed by atoms with Crippen LogP contribution < -0.4 is 4.31 Å². The van der Waals surface area contributed by atoms with Gasteiger partial charge in [-0.25, -0.2) is 8.42 Å². The molecule has 0 saturated carbocycles. The smallest absolute Gasteiger partial charge is 0.326 e. The monoisotopic (exact) mass is 397 g/mol. The fourth-order valence-electron chi connectivity index (χ4n) is 1.44. The zero-order chi connectivity index (χ0) is 14.5. The maximum atomic E-state index is 12.0. The molecule has 0 aromatic heterocycles. The highest BCUT2D eigenvalue weighted by Gasteiger charge is 2.23. The van der Waals surface area contributed by atoms with Crippen LogP contribution in [0.3, 0.4) is 0 Å². The van der Waals surface area contributed by atoms with E-state index in [9.17, 15) is 13.2 Å². The highest BCUT2D eigenvalue weighted by Crippen LogP contribution is 2.20. The number of benzene rings is 1. The van der Waals surface area contributed by atoms with E-state index < -0.39 is 16.0 Å². The van der Waals surface area contributed by atoms with Crippen molar-refractivity contribution in [2.75, 3.05) is 23.2 Å². The van der Waals surface area contributed by atoms with Gasteiger partial charge in [-0.2, -0.15) is 0 Å². The summed E-state index contributed by atoms with van der Waals surface area (Å²) in [5.74, 6) is -0.628. The fraction of sp³-hybridized carbons (Fsp3) is 0.417. The average molecular weight is 397 g/mol. The number of halogens is 1. The third-order valence-electron chi connectivity index (χ3n) is 2.39. The molecule has 106 valence electrons. The first-order valence-electron chi connectivity index (χ1n) is 5.82. The first-order valence-corrected chi connectivity index (χ1v) is 8.51. The van der Waals surface area contributed by atoms with Gasteiger partial charge in [-0.15, -0.1) is 0 Å². The quantitative estimate of drug-likeness (QED) is 0.544. The first kappa shape index (κ1) is 16.2. The highest BCUT2D eigenvalue weighted by atomic mass is 127. The van der Waals surface area contributed by atoms with Crippen LogP contribution in [0.4, 0.5) is 5.69 Å². The lowest BCUT2D eigenvalue weighted by Crippen LogP contribution is -2.37. The summed E-state index contributed by atoms with van der Waals surface area (Å²) < 4.78 is 31.0. The summed E-state index contributed by atoms with van der Waals surface area (Å²) >= 11 is 2.13. The van der Waals surface area contributed by atoms with E-state index in [4.69, 9.17) is 4.74 Å². The number of nitrogens with zero attached hydrogens (tertiary/aromatic N) is 1. The Kier molecular flexibility index (Phi) is 6.05. The van der Waals surface area contributed by atoms with Crippen molar-refractivity contribution in [3.63, 3.8) is 0 Å². The van der Waals surface area contributed by atoms with E-state index in [0.717, 1.165) is 7.88 Å². The molecule has 1 aromatic carbocycles. The maximum absolute atomic E-state index is 12.0. The van der Waals surface area contributed by atoms with Crippen LogP contribution in [-0.4, -0.2) is 33.3 Å². The van der Waals surface area contributed by atoms with Crippen LogP contribution in [0.5, 0.6) is 0 Å². The van der Waals surface area contributed by atoms with Crippen molar-refractivity contribution in [1.29, 1.82) is 0 Å². The largest absolute Gasteiger partial charge is 0.465 e. The summed E-state index contributed by atoms with van der Waals surface area (Å²) in [4.78, 5) is 11.5. The Labute approximate surface area is 127 Å². The minimum atomic E-state index is -3.51. The second-order valence-electron chi connectivity index (χ2n) is 3.69. The molecule has 0 aliphatic carbocycles. The molecule has 0 unspecified atom stereocenters. The molecule has 0 radical (unpaired) electrons. The van der Waals surface area contributed by atoms with Crippen LogP contribution in [-0.2, 0) is 19.6 Å². The summed E-state index contributed by atoms with van der Waals surface area (Å²) in [6.45, 7) is 3.15. The predicted molar refractivity (Wildman–Crippen MR) is 82.6 cm³/mol. The van der Waals surface area contributed by atoms with Crippen molar-refractivity contribution in [3.05, 3.63) is 27.8 Å². The molecule has 5 nitrogen and oxygen atoms in total. The molecule has 0 N–H and O–H groups in total. The summed E-state index contributed by atoms with van der Waals surface area (Å²) in [7, 11) is -3.51. The van der Waals surface area contributed by atoms with Crippen molar-refractivity contribution in [2.45, 2.75) is 13.8 Å². The van der Waals surface area contributed by atoms with Gasteiger partial charge in [0.2, 0.25) is 10.0 Å². The number of hydrogen-bond acceptors (Lipinski definition) is 4. The molecule has 0 amide bonds. The van der Waals surface area contributed by atoms with E-state index in [0.29, 0.717) is 5.69 Å². The Morgan fingerprint density at radius 2 is 1.84 bits per heavy atom. The Morgan fingerprint density at radius 3 is 2.32 bits per heavy atom. The SMILES string of the molecule is CCOC(=O)CN(c1ccc(I)cc1)S(=O)(=O)CC. The van der Waals surface area contributed by atoms with E-state index >= 15 is 0 Å². The Morgan fingerprint density at radius 1 is 1.26 bits per heavy atom. The molecule has 0 spiro atoms. The van der Waals surface area contributed by atoms with Gasteiger partial charge < -0.3 is 4.74 Å². The molecule has 0 bridgehead atoms. The van der Waals surface area contributed by atoms with Crippen molar-refractivity contribution in [3.8, 4) is 0 Å². The van der Waals surface area contributed by atoms with Gasteiger partial charge in [-0.1, -0.05) is 0 Å². The van der Waals surface area contributed by atoms with E-state index in [1.807, 2.05) is 0 Å². The summed E-state index contributed by atoms with van der Waals surface area (Å²) in [6.07, 6.45) is 0. The predicted octanol–water partition coefficient (Wildman–Crippen LogP) is 2.01. The van der Waals surface area contributed by atoms with Crippen LogP contribution in [0.25, 0.3) is 0 Å². The number of carbonyl (C=O) groups is 1. The van der Waals surface area contributed by atoms with Crippen LogP contribution >= 0.6 is 22.6 Å². The molecule has 0 saturated heterocycles. The number of ether oxygens (including phenoxy) is 1. The standard InChI is InChI=1S/C12H16INO4S/c1-3-18-12(15)9-14(19(16,17)4-2)11-7-5-10(13)6-8-11/h5-8H,3-4,9H2,1-2H3. The Hall–Kier alpha value is -0.830. The number of anilines is 1.